The molecule has 0 amide bonds. The van der Waals surface area contributed by atoms with Crippen LogP contribution in [-0.4, -0.2) is 16.6 Å². The van der Waals surface area contributed by atoms with Crippen molar-refractivity contribution in [2.75, 3.05) is 6.54 Å². The highest BCUT2D eigenvalue weighted by atomic mass is 16.3. The number of aliphatic hydroxyl groups is 1. The molecule has 0 aliphatic carbocycles. The van der Waals surface area contributed by atoms with Crippen LogP contribution in [0.5, 0.6) is 0 Å². The topological polar surface area (TPSA) is 45.1 Å². The molecule has 1 aromatic heterocycles. The molecule has 0 saturated carbocycles. The van der Waals surface area contributed by atoms with Crippen LogP contribution in [0.15, 0.2) is 42.7 Å². The number of benzene rings is 1. The summed E-state index contributed by atoms with van der Waals surface area (Å²) >= 11 is 0. The van der Waals surface area contributed by atoms with Crippen LogP contribution in [0.2, 0.25) is 0 Å². The van der Waals surface area contributed by atoms with Crippen LogP contribution in [0.3, 0.4) is 0 Å². The van der Waals surface area contributed by atoms with E-state index < -0.39 is 6.10 Å². The summed E-state index contributed by atoms with van der Waals surface area (Å²) < 4.78 is 0. The molecule has 0 aliphatic heterocycles. The number of rotatable bonds is 5. The van der Waals surface area contributed by atoms with Gasteiger partial charge in [0.05, 0.1) is 6.10 Å². The van der Waals surface area contributed by atoms with E-state index in [1.54, 1.807) is 12.4 Å². The average Bonchev–Trinajstić information content (AvgIpc) is 2.38. The molecule has 0 bridgehead atoms. The summed E-state index contributed by atoms with van der Waals surface area (Å²) in [4.78, 5) is 3.94. The van der Waals surface area contributed by atoms with E-state index in [0.29, 0.717) is 6.54 Å². The minimum absolute atomic E-state index is 0.492. The van der Waals surface area contributed by atoms with Gasteiger partial charge in [0.1, 0.15) is 0 Å². The molecule has 3 heteroatoms. The maximum absolute atomic E-state index is 10.0. The number of aryl methyl sites for hydroxylation is 2. The lowest BCUT2D eigenvalue weighted by molar-refractivity contribution is 0.174. The molecule has 1 heterocycles. The highest BCUT2D eigenvalue weighted by Crippen LogP contribution is 2.11. The third kappa shape index (κ3) is 4.16. The Hall–Kier alpha value is -1.71. The quantitative estimate of drug-likeness (QED) is 0.864. The van der Waals surface area contributed by atoms with Crippen molar-refractivity contribution >= 4 is 0 Å². The summed E-state index contributed by atoms with van der Waals surface area (Å²) in [5.41, 5.74) is 4.68. The highest BCUT2D eigenvalue weighted by molar-refractivity contribution is 5.28. The Morgan fingerprint density at radius 2 is 1.74 bits per heavy atom. The Kier molecular flexibility index (Phi) is 4.66. The molecular formula is C16H20N2O. The Morgan fingerprint density at radius 3 is 2.37 bits per heavy atom. The zero-order valence-corrected chi connectivity index (χ0v) is 11.4. The normalized spacial score (nSPS) is 12.4. The van der Waals surface area contributed by atoms with Crippen LogP contribution in [0.4, 0.5) is 0 Å². The molecule has 2 aromatic rings. The molecule has 100 valence electrons. The molecule has 2 N–H and O–H groups in total. The van der Waals surface area contributed by atoms with Crippen LogP contribution in [0.25, 0.3) is 0 Å². The minimum atomic E-state index is -0.492. The van der Waals surface area contributed by atoms with Crippen LogP contribution in [-0.2, 0) is 6.54 Å². The van der Waals surface area contributed by atoms with Crippen molar-refractivity contribution in [2.45, 2.75) is 26.5 Å². The van der Waals surface area contributed by atoms with E-state index in [2.05, 4.69) is 42.3 Å². The molecule has 0 saturated heterocycles. The Labute approximate surface area is 114 Å². The minimum Gasteiger partial charge on any atom is -0.387 e. The van der Waals surface area contributed by atoms with Gasteiger partial charge in [-0.15, -0.1) is 0 Å². The number of nitrogens with zero attached hydrogens (tertiary/aromatic N) is 1. The Morgan fingerprint density at radius 1 is 1.11 bits per heavy atom. The lowest BCUT2D eigenvalue weighted by atomic mass is 10.1. The van der Waals surface area contributed by atoms with Crippen LogP contribution in [0.1, 0.15) is 28.4 Å². The molecular weight excluding hydrogens is 236 g/mol. The fourth-order valence-electron chi connectivity index (χ4n) is 2.23. The van der Waals surface area contributed by atoms with Crippen molar-refractivity contribution in [2.24, 2.45) is 0 Å². The first kappa shape index (κ1) is 13.7. The van der Waals surface area contributed by atoms with Gasteiger partial charge in [0, 0.05) is 25.5 Å². The molecule has 1 atom stereocenters. The van der Waals surface area contributed by atoms with E-state index in [4.69, 9.17) is 0 Å². The first-order chi connectivity index (χ1) is 9.15. The van der Waals surface area contributed by atoms with E-state index >= 15 is 0 Å². The van der Waals surface area contributed by atoms with Gasteiger partial charge in [-0.25, -0.2) is 0 Å². The van der Waals surface area contributed by atoms with Crippen molar-refractivity contribution < 1.29 is 5.11 Å². The summed E-state index contributed by atoms with van der Waals surface area (Å²) in [6.45, 7) is 5.51. The van der Waals surface area contributed by atoms with Gasteiger partial charge in [-0.3, -0.25) is 4.98 Å². The number of aromatic nitrogens is 1. The van der Waals surface area contributed by atoms with Crippen molar-refractivity contribution in [1.29, 1.82) is 0 Å². The van der Waals surface area contributed by atoms with Crippen LogP contribution in [0, 0.1) is 13.8 Å². The fourth-order valence-corrected chi connectivity index (χ4v) is 2.23. The Balaban J connectivity index is 1.86. The SMILES string of the molecule is Cc1cc(C)cc(CNCC(O)c2ccncc2)c1. The third-order valence-corrected chi connectivity index (χ3v) is 3.04. The van der Waals surface area contributed by atoms with Crippen molar-refractivity contribution in [3.05, 3.63) is 65.0 Å². The van der Waals surface area contributed by atoms with Gasteiger partial charge in [0.25, 0.3) is 0 Å². The maximum atomic E-state index is 10.0. The number of aliphatic hydroxyl groups excluding tert-OH is 1. The zero-order valence-electron chi connectivity index (χ0n) is 11.4. The first-order valence-corrected chi connectivity index (χ1v) is 6.51. The van der Waals surface area contributed by atoms with Gasteiger partial charge in [0.2, 0.25) is 0 Å². The van der Waals surface area contributed by atoms with E-state index in [-0.39, 0.29) is 0 Å². The van der Waals surface area contributed by atoms with Gasteiger partial charge in [-0.2, -0.15) is 0 Å². The molecule has 1 aromatic carbocycles. The van der Waals surface area contributed by atoms with Gasteiger partial charge in [0.15, 0.2) is 0 Å². The summed E-state index contributed by atoms with van der Waals surface area (Å²) in [7, 11) is 0. The van der Waals surface area contributed by atoms with Gasteiger partial charge < -0.3 is 10.4 Å². The second-order valence-electron chi connectivity index (χ2n) is 4.92. The largest absolute Gasteiger partial charge is 0.387 e. The van der Waals surface area contributed by atoms with Crippen LogP contribution < -0.4 is 5.32 Å². The smallest absolute Gasteiger partial charge is 0.0915 e. The van der Waals surface area contributed by atoms with E-state index in [9.17, 15) is 5.11 Å². The van der Waals surface area contributed by atoms with Gasteiger partial charge in [-0.05, 0) is 37.1 Å². The van der Waals surface area contributed by atoms with Crippen LogP contribution >= 0.6 is 0 Å². The van der Waals surface area contributed by atoms with Crippen molar-refractivity contribution in [3.8, 4) is 0 Å². The second-order valence-corrected chi connectivity index (χ2v) is 4.92. The van der Waals surface area contributed by atoms with E-state index in [0.717, 1.165) is 12.1 Å². The summed E-state index contributed by atoms with van der Waals surface area (Å²) in [6.07, 6.45) is 2.90. The first-order valence-electron chi connectivity index (χ1n) is 6.51. The lowest BCUT2D eigenvalue weighted by Crippen LogP contribution is -2.21. The lowest BCUT2D eigenvalue weighted by Gasteiger charge is -2.12. The maximum Gasteiger partial charge on any atom is 0.0915 e. The predicted octanol–water partition coefficient (Wildman–Crippen LogP) is 2.52. The average molecular weight is 256 g/mol. The summed E-state index contributed by atoms with van der Waals surface area (Å²) in [6, 6.07) is 10.2. The predicted molar refractivity (Wildman–Crippen MR) is 76.8 cm³/mol. The molecule has 1 unspecified atom stereocenters. The molecule has 0 spiro atoms. The van der Waals surface area contributed by atoms with Gasteiger partial charge >= 0.3 is 0 Å². The van der Waals surface area contributed by atoms with E-state index in [1.165, 1.54) is 16.7 Å². The molecule has 0 radical (unpaired) electrons. The molecule has 2 rings (SSSR count). The fraction of sp³-hybridized carbons (Fsp3) is 0.312. The molecule has 0 fully saturated rings. The number of hydrogen-bond acceptors (Lipinski definition) is 3. The van der Waals surface area contributed by atoms with Crippen molar-refractivity contribution in [3.63, 3.8) is 0 Å². The standard InChI is InChI=1S/C16H20N2O/c1-12-7-13(2)9-14(8-12)10-18-11-16(19)15-3-5-17-6-4-15/h3-9,16,18-19H,10-11H2,1-2H3. The Bertz CT molecular complexity index is 505. The number of pyridine rings is 1. The summed E-state index contributed by atoms with van der Waals surface area (Å²) in [5, 5.41) is 13.3. The molecule has 0 aliphatic rings. The molecule has 19 heavy (non-hydrogen) atoms. The van der Waals surface area contributed by atoms with Crippen molar-refractivity contribution in [1.82, 2.24) is 10.3 Å². The van der Waals surface area contributed by atoms with E-state index in [1.807, 2.05) is 12.1 Å². The number of nitrogens with one attached hydrogen (secondary N) is 1. The highest BCUT2D eigenvalue weighted by Gasteiger charge is 2.06. The van der Waals surface area contributed by atoms with Gasteiger partial charge in [-0.1, -0.05) is 29.3 Å². The monoisotopic (exact) mass is 256 g/mol. The molecule has 3 nitrogen and oxygen atoms in total. The zero-order chi connectivity index (χ0) is 13.7. The number of hydrogen-bond donors (Lipinski definition) is 2. The summed E-state index contributed by atoms with van der Waals surface area (Å²) in [5.74, 6) is 0. The second kappa shape index (κ2) is 6.45. The third-order valence-electron chi connectivity index (χ3n) is 3.04.